The summed E-state index contributed by atoms with van der Waals surface area (Å²) in [6.45, 7) is 0. The first-order chi connectivity index (χ1) is 19.0. The first kappa shape index (κ1) is 24.7. The molecule has 0 N–H and O–H groups in total. The fourth-order valence-electron chi connectivity index (χ4n) is 6.37. The van der Waals surface area contributed by atoms with Crippen LogP contribution in [0, 0.1) is 0 Å². The van der Waals surface area contributed by atoms with Gasteiger partial charge >= 0.3 is 0 Å². The average molecular weight is 521 g/mol. The quantitative estimate of drug-likeness (QED) is 0.303. The Morgan fingerprint density at radius 3 is 1.26 bits per heavy atom. The highest BCUT2D eigenvalue weighted by Gasteiger charge is 2.41. The van der Waals surface area contributed by atoms with Gasteiger partial charge in [0.05, 0.1) is 39.6 Å². The summed E-state index contributed by atoms with van der Waals surface area (Å²) < 4.78 is 22.9. The maximum absolute atomic E-state index is 13.8. The Morgan fingerprint density at radius 1 is 0.513 bits per heavy atom. The van der Waals surface area contributed by atoms with Crippen molar-refractivity contribution >= 4 is 11.6 Å². The van der Waals surface area contributed by atoms with Gasteiger partial charge in [0.15, 0.2) is 11.6 Å². The van der Waals surface area contributed by atoms with Gasteiger partial charge in [-0.1, -0.05) is 48.5 Å². The summed E-state index contributed by atoms with van der Waals surface area (Å²) in [7, 11) is 6.40. The molecule has 0 spiro atoms. The lowest BCUT2D eigenvalue weighted by atomic mass is 9.68. The van der Waals surface area contributed by atoms with Gasteiger partial charge in [0.25, 0.3) is 0 Å². The Balaban J connectivity index is 1.63. The van der Waals surface area contributed by atoms with Gasteiger partial charge in [0.2, 0.25) is 0 Å². The first-order valence-electron chi connectivity index (χ1n) is 12.8. The van der Waals surface area contributed by atoms with E-state index in [-0.39, 0.29) is 23.4 Å². The molecule has 0 bridgehead atoms. The predicted octanol–water partition coefficient (Wildman–Crippen LogP) is 6.16. The zero-order valence-electron chi connectivity index (χ0n) is 22.2. The fraction of sp³-hybridized carbons (Fsp3) is 0.212. The second-order valence-corrected chi connectivity index (χ2v) is 9.69. The highest BCUT2D eigenvalue weighted by Crippen LogP contribution is 2.53. The number of hydrogen-bond donors (Lipinski definition) is 0. The molecule has 0 fully saturated rings. The molecule has 6 heteroatoms. The highest BCUT2D eigenvalue weighted by atomic mass is 16.5. The normalized spacial score (nSPS) is 16.9. The maximum atomic E-state index is 13.8. The van der Waals surface area contributed by atoms with Crippen LogP contribution in [0.15, 0.2) is 72.8 Å². The van der Waals surface area contributed by atoms with E-state index in [9.17, 15) is 9.59 Å². The predicted molar refractivity (Wildman–Crippen MR) is 147 cm³/mol. The summed E-state index contributed by atoms with van der Waals surface area (Å²) >= 11 is 0. The smallest absolute Gasteiger partial charge is 0.197 e. The van der Waals surface area contributed by atoms with E-state index >= 15 is 0 Å². The third-order valence-electron chi connectivity index (χ3n) is 7.99. The van der Waals surface area contributed by atoms with Crippen molar-refractivity contribution in [3.8, 4) is 23.0 Å². The molecule has 0 radical (unpaired) electrons. The molecule has 0 saturated carbocycles. The van der Waals surface area contributed by atoms with E-state index in [1.807, 2.05) is 72.8 Å². The van der Waals surface area contributed by atoms with Crippen LogP contribution in [-0.2, 0) is 0 Å². The van der Waals surface area contributed by atoms with Gasteiger partial charge in [-0.3, -0.25) is 9.59 Å². The van der Waals surface area contributed by atoms with E-state index in [0.29, 0.717) is 51.7 Å². The summed E-state index contributed by atoms with van der Waals surface area (Å²) in [5, 5.41) is 0. The van der Waals surface area contributed by atoms with Gasteiger partial charge in [-0.2, -0.15) is 0 Å². The summed E-state index contributed by atoms with van der Waals surface area (Å²) in [5.74, 6) is 1.74. The standard InChI is InChI=1S/C33H28O6/c1-36-24-13-7-11-20-28(24)22(18-9-5-15-26(38-3)30(18)32(20)34)17-23-19-10-6-16-27(39-4)31(19)33(35)21-12-8-14-25(37-2)29(21)23/h5-16,22-23H,17H2,1-4H3. The summed E-state index contributed by atoms with van der Waals surface area (Å²) in [6.07, 6.45) is 0.557. The minimum atomic E-state index is -0.228. The van der Waals surface area contributed by atoms with E-state index < -0.39 is 0 Å². The van der Waals surface area contributed by atoms with E-state index in [1.54, 1.807) is 28.4 Å². The van der Waals surface area contributed by atoms with Crippen molar-refractivity contribution in [1.82, 2.24) is 0 Å². The molecule has 0 heterocycles. The molecule has 2 atom stereocenters. The third kappa shape index (κ3) is 3.62. The van der Waals surface area contributed by atoms with Crippen molar-refractivity contribution in [2.24, 2.45) is 0 Å². The number of ketones is 2. The zero-order chi connectivity index (χ0) is 27.3. The molecule has 4 aromatic carbocycles. The van der Waals surface area contributed by atoms with Crippen LogP contribution in [0.4, 0.5) is 0 Å². The van der Waals surface area contributed by atoms with Gasteiger partial charge in [-0.15, -0.1) is 0 Å². The number of ether oxygens (including phenoxy) is 4. The number of rotatable bonds is 6. The van der Waals surface area contributed by atoms with Crippen molar-refractivity contribution in [1.29, 1.82) is 0 Å². The summed E-state index contributed by atoms with van der Waals surface area (Å²) in [5.41, 5.74) is 5.71. The Morgan fingerprint density at radius 2 is 0.872 bits per heavy atom. The number of carbonyl (C=O) groups is 2. The average Bonchev–Trinajstić information content (AvgIpc) is 2.99. The van der Waals surface area contributed by atoms with Crippen LogP contribution in [0.2, 0.25) is 0 Å². The number of fused-ring (bicyclic) bond motifs is 4. The van der Waals surface area contributed by atoms with E-state index in [0.717, 1.165) is 22.3 Å². The van der Waals surface area contributed by atoms with Crippen LogP contribution in [0.25, 0.3) is 0 Å². The van der Waals surface area contributed by atoms with Crippen LogP contribution in [0.1, 0.15) is 72.4 Å². The van der Waals surface area contributed by atoms with Crippen LogP contribution < -0.4 is 18.9 Å². The van der Waals surface area contributed by atoms with Crippen molar-refractivity contribution in [2.75, 3.05) is 28.4 Å². The fourth-order valence-corrected chi connectivity index (χ4v) is 6.37. The lowest BCUT2D eigenvalue weighted by Crippen LogP contribution is -2.26. The summed E-state index contributed by atoms with van der Waals surface area (Å²) in [6, 6.07) is 22.6. The molecule has 6 rings (SSSR count). The molecule has 2 aliphatic rings. The monoisotopic (exact) mass is 520 g/mol. The SMILES string of the molecule is COc1cccc2c1C(=O)c1cccc(OC)c1C2CC1c2cccc(OC)c2C(=O)c2cccc(OC)c21. The number of benzene rings is 4. The van der Waals surface area contributed by atoms with Crippen molar-refractivity contribution in [3.63, 3.8) is 0 Å². The van der Waals surface area contributed by atoms with E-state index in [2.05, 4.69) is 0 Å². The second kappa shape index (κ2) is 9.62. The maximum Gasteiger partial charge on any atom is 0.197 e. The van der Waals surface area contributed by atoms with E-state index in [4.69, 9.17) is 18.9 Å². The van der Waals surface area contributed by atoms with E-state index in [1.165, 1.54) is 0 Å². The number of hydrogen-bond acceptors (Lipinski definition) is 6. The van der Waals surface area contributed by atoms with Gasteiger partial charge in [-0.05, 0) is 41.8 Å². The minimum absolute atomic E-state index is 0.0912. The molecular weight excluding hydrogens is 492 g/mol. The number of methoxy groups -OCH3 is 4. The molecule has 0 amide bonds. The Hall–Kier alpha value is -4.58. The molecular formula is C33H28O6. The molecule has 2 aliphatic carbocycles. The van der Waals surface area contributed by atoms with Crippen LogP contribution in [0.3, 0.4) is 0 Å². The molecule has 196 valence electrons. The summed E-state index contributed by atoms with van der Waals surface area (Å²) in [4.78, 5) is 27.6. The van der Waals surface area contributed by atoms with Crippen LogP contribution in [-0.4, -0.2) is 40.0 Å². The van der Waals surface area contributed by atoms with Gasteiger partial charge in [-0.25, -0.2) is 0 Å². The highest BCUT2D eigenvalue weighted by molar-refractivity contribution is 6.16. The minimum Gasteiger partial charge on any atom is -0.496 e. The molecule has 0 saturated heterocycles. The Labute approximate surface area is 227 Å². The van der Waals surface area contributed by atoms with Gasteiger partial charge in [0.1, 0.15) is 23.0 Å². The van der Waals surface area contributed by atoms with Crippen molar-refractivity contribution in [3.05, 3.63) is 117 Å². The number of carbonyl (C=O) groups excluding carboxylic acids is 2. The van der Waals surface area contributed by atoms with Crippen molar-refractivity contribution < 1.29 is 28.5 Å². The Bertz CT molecular complexity index is 1510. The lowest BCUT2D eigenvalue weighted by Gasteiger charge is -2.35. The Kier molecular flexibility index (Phi) is 6.10. The molecule has 0 aliphatic heterocycles. The third-order valence-corrected chi connectivity index (χ3v) is 7.99. The molecule has 0 aromatic heterocycles. The lowest BCUT2D eigenvalue weighted by molar-refractivity contribution is 0.102. The second-order valence-electron chi connectivity index (χ2n) is 9.69. The van der Waals surface area contributed by atoms with Gasteiger partial charge < -0.3 is 18.9 Å². The molecule has 6 nitrogen and oxygen atoms in total. The topological polar surface area (TPSA) is 71.1 Å². The van der Waals surface area contributed by atoms with Crippen LogP contribution in [0.5, 0.6) is 23.0 Å². The molecule has 2 unspecified atom stereocenters. The zero-order valence-corrected chi connectivity index (χ0v) is 22.2. The van der Waals surface area contributed by atoms with Gasteiger partial charge in [0, 0.05) is 34.1 Å². The largest absolute Gasteiger partial charge is 0.496 e. The van der Waals surface area contributed by atoms with Crippen molar-refractivity contribution in [2.45, 2.75) is 18.3 Å². The molecule has 4 aromatic rings. The van der Waals surface area contributed by atoms with Crippen LogP contribution >= 0.6 is 0 Å². The molecule has 39 heavy (non-hydrogen) atoms. The first-order valence-corrected chi connectivity index (χ1v) is 12.8.